The molecular formula is C13H10ClFN2O3. The number of methoxy groups -OCH3 is 1. The minimum absolute atomic E-state index is 0.111. The predicted molar refractivity (Wildman–Crippen MR) is 72.2 cm³/mol. The Kier molecular flexibility index (Phi) is 4.14. The van der Waals surface area contributed by atoms with Crippen LogP contribution in [0.1, 0.15) is 10.4 Å². The number of carbonyl (C=O) groups excluding carboxylic acids is 1. The van der Waals surface area contributed by atoms with Gasteiger partial charge in [-0.25, -0.2) is 9.49 Å². The van der Waals surface area contributed by atoms with Crippen molar-refractivity contribution in [1.29, 1.82) is 0 Å². The van der Waals surface area contributed by atoms with Crippen molar-refractivity contribution in [3.05, 3.63) is 45.2 Å². The number of Topliss-reactive ketones (excluding diaryl/α,β-unsaturated/α-hetero) is 1. The van der Waals surface area contributed by atoms with Crippen LogP contribution in [0.3, 0.4) is 0 Å². The van der Waals surface area contributed by atoms with Gasteiger partial charge in [0, 0.05) is 16.7 Å². The third-order valence-electron chi connectivity index (χ3n) is 2.66. The zero-order valence-electron chi connectivity index (χ0n) is 10.4. The fraction of sp³-hybridized carbons (Fsp3) is 0.154. The second kappa shape index (κ2) is 5.83. The first-order valence-corrected chi connectivity index (χ1v) is 5.97. The van der Waals surface area contributed by atoms with Gasteiger partial charge >= 0.3 is 0 Å². The highest BCUT2D eigenvalue weighted by Crippen LogP contribution is 2.31. The molecule has 0 unspecified atom stereocenters. The lowest BCUT2D eigenvalue weighted by Gasteiger charge is -2.10. The van der Waals surface area contributed by atoms with Crippen molar-refractivity contribution >= 4 is 17.4 Å². The summed E-state index contributed by atoms with van der Waals surface area (Å²) in [6.45, 7) is -1.15. The highest BCUT2D eigenvalue weighted by Gasteiger charge is 2.17. The summed E-state index contributed by atoms with van der Waals surface area (Å²) in [7, 11) is 1.37. The number of aromatic amines is 1. The molecule has 1 aromatic heterocycles. The molecule has 104 valence electrons. The van der Waals surface area contributed by atoms with Crippen molar-refractivity contribution in [2.45, 2.75) is 0 Å². The van der Waals surface area contributed by atoms with Crippen molar-refractivity contribution in [1.82, 2.24) is 10.2 Å². The molecule has 0 aliphatic rings. The van der Waals surface area contributed by atoms with Gasteiger partial charge in [0.1, 0.15) is 0 Å². The molecular weight excluding hydrogens is 287 g/mol. The predicted octanol–water partition coefficient (Wildman–Crippen LogP) is 2.25. The topological polar surface area (TPSA) is 72.0 Å². The van der Waals surface area contributed by atoms with Crippen LogP contribution in [0.2, 0.25) is 5.02 Å². The van der Waals surface area contributed by atoms with Gasteiger partial charge in [-0.3, -0.25) is 9.59 Å². The van der Waals surface area contributed by atoms with E-state index in [0.717, 1.165) is 0 Å². The molecule has 1 aromatic carbocycles. The van der Waals surface area contributed by atoms with Crippen LogP contribution < -0.4 is 10.3 Å². The van der Waals surface area contributed by atoms with Gasteiger partial charge in [0.25, 0.3) is 5.56 Å². The number of rotatable bonds is 4. The van der Waals surface area contributed by atoms with E-state index in [1.54, 1.807) is 0 Å². The second-order valence-electron chi connectivity index (χ2n) is 3.90. The number of H-pyrrole nitrogens is 1. The van der Waals surface area contributed by atoms with E-state index in [9.17, 15) is 14.0 Å². The monoisotopic (exact) mass is 296 g/mol. The van der Waals surface area contributed by atoms with Crippen LogP contribution in [-0.4, -0.2) is 29.8 Å². The van der Waals surface area contributed by atoms with Gasteiger partial charge in [0.15, 0.2) is 12.5 Å². The molecule has 0 aliphatic carbocycles. The SMILES string of the molecule is COc1n[nH]c(=O)cc1-c1cc(Cl)ccc1C(=O)CF. The van der Waals surface area contributed by atoms with E-state index in [1.165, 1.54) is 31.4 Å². The van der Waals surface area contributed by atoms with Gasteiger partial charge in [0.2, 0.25) is 5.88 Å². The number of nitrogens with one attached hydrogen (secondary N) is 1. The first-order chi connectivity index (χ1) is 9.56. The van der Waals surface area contributed by atoms with Crippen LogP contribution in [0.25, 0.3) is 11.1 Å². The van der Waals surface area contributed by atoms with Crippen LogP contribution in [0.15, 0.2) is 29.1 Å². The Morgan fingerprint density at radius 1 is 1.40 bits per heavy atom. The molecule has 0 saturated heterocycles. The molecule has 20 heavy (non-hydrogen) atoms. The molecule has 7 heteroatoms. The van der Waals surface area contributed by atoms with Crippen molar-refractivity contribution in [2.75, 3.05) is 13.8 Å². The normalized spacial score (nSPS) is 10.3. The Balaban J connectivity index is 2.74. The van der Waals surface area contributed by atoms with Crippen LogP contribution in [-0.2, 0) is 0 Å². The van der Waals surface area contributed by atoms with Gasteiger partial charge in [-0.2, -0.15) is 0 Å². The van der Waals surface area contributed by atoms with E-state index in [1.807, 2.05) is 0 Å². The Bertz CT molecular complexity index is 715. The molecule has 0 spiro atoms. The maximum atomic E-state index is 12.6. The maximum Gasteiger partial charge on any atom is 0.265 e. The Morgan fingerprint density at radius 3 is 2.80 bits per heavy atom. The second-order valence-corrected chi connectivity index (χ2v) is 4.34. The lowest BCUT2D eigenvalue weighted by atomic mass is 9.98. The smallest absolute Gasteiger partial charge is 0.265 e. The number of nitrogens with zero attached hydrogens (tertiary/aromatic N) is 1. The molecule has 2 rings (SSSR count). The van der Waals surface area contributed by atoms with Gasteiger partial charge in [-0.1, -0.05) is 11.6 Å². The summed E-state index contributed by atoms with van der Waals surface area (Å²) >= 11 is 5.90. The third kappa shape index (κ3) is 2.70. The summed E-state index contributed by atoms with van der Waals surface area (Å²) in [6, 6.07) is 5.55. The number of alkyl halides is 1. The summed E-state index contributed by atoms with van der Waals surface area (Å²) in [5, 5.41) is 6.28. The van der Waals surface area contributed by atoms with Gasteiger partial charge < -0.3 is 4.74 Å². The summed E-state index contributed by atoms with van der Waals surface area (Å²) in [5.41, 5.74) is 0.216. The molecule has 2 aromatic rings. The van der Waals surface area contributed by atoms with Crippen LogP contribution in [0.5, 0.6) is 5.88 Å². The summed E-state index contributed by atoms with van der Waals surface area (Å²) < 4.78 is 17.7. The van der Waals surface area contributed by atoms with E-state index >= 15 is 0 Å². The minimum atomic E-state index is -1.15. The number of benzene rings is 1. The van der Waals surface area contributed by atoms with E-state index in [0.29, 0.717) is 10.6 Å². The van der Waals surface area contributed by atoms with E-state index in [2.05, 4.69) is 10.2 Å². The Hall–Kier alpha value is -2.21. The minimum Gasteiger partial charge on any atom is -0.480 e. The number of hydrogen-bond acceptors (Lipinski definition) is 4. The summed E-state index contributed by atoms with van der Waals surface area (Å²) in [5.74, 6) is -0.598. The van der Waals surface area contributed by atoms with Crippen molar-refractivity contribution in [3.8, 4) is 17.0 Å². The van der Waals surface area contributed by atoms with Gasteiger partial charge in [-0.05, 0) is 23.8 Å². The van der Waals surface area contributed by atoms with E-state index < -0.39 is 18.0 Å². The first kappa shape index (κ1) is 14.2. The largest absolute Gasteiger partial charge is 0.480 e. The zero-order chi connectivity index (χ0) is 14.7. The molecule has 1 heterocycles. The van der Waals surface area contributed by atoms with E-state index in [4.69, 9.17) is 16.3 Å². The van der Waals surface area contributed by atoms with Crippen LogP contribution in [0, 0.1) is 0 Å². The van der Waals surface area contributed by atoms with Crippen molar-refractivity contribution in [3.63, 3.8) is 0 Å². The lowest BCUT2D eigenvalue weighted by molar-refractivity contribution is 0.0959. The summed E-state index contributed by atoms with van der Waals surface area (Å²) in [6.07, 6.45) is 0. The number of ketones is 1. The molecule has 0 radical (unpaired) electrons. The molecule has 1 N–H and O–H groups in total. The van der Waals surface area contributed by atoms with Gasteiger partial charge in [0.05, 0.1) is 12.7 Å². The van der Waals surface area contributed by atoms with Gasteiger partial charge in [-0.15, -0.1) is 5.10 Å². The third-order valence-corrected chi connectivity index (χ3v) is 2.90. The summed E-state index contributed by atoms with van der Waals surface area (Å²) in [4.78, 5) is 23.0. The Morgan fingerprint density at radius 2 is 2.15 bits per heavy atom. The molecule has 0 saturated carbocycles. The Labute approximate surface area is 118 Å². The average Bonchev–Trinajstić information content (AvgIpc) is 2.46. The van der Waals surface area contributed by atoms with Crippen molar-refractivity contribution in [2.24, 2.45) is 0 Å². The van der Waals surface area contributed by atoms with Crippen molar-refractivity contribution < 1.29 is 13.9 Å². The molecule has 0 aliphatic heterocycles. The fourth-order valence-corrected chi connectivity index (χ4v) is 1.97. The number of carbonyl (C=O) groups is 1. The maximum absolute atomic E-state index is 12.6. The zero-order valence-corrected chi connectivity index (χ0v) is 11.2. The molecule has 5 nitrogen and oxygen atoms in total. The lowest BCUT2D eigenvalue weighted by Crippen LogP contribution is -2.10. The van der Waals surface area contributed by atoms with Crippen LogP contribution in [0.4, 0.5) is 4.39 Å². The number of halogens is 2. The standard InChI is InChI=1S/C13H10ClFN2O3/c1-20-13-10(5-12(19)16-17-13)9-4-7(14)2-3-8(9)11(18)6-15/h2-5H,6H2,1H3,(H,16,19). The van der Waals surface area contributed by atoms with E-state index in [-0.39, 0.29) is 17.0 Å². The molecule has 0 amide bonds. The highest BCUT2D eigenvalue weighted by molar-refractivity contribution is 6.31. The molecule has 0 bridgehead atoms. The number of aromatic nitrogens is 2. The van der Waals surface area contributed by atoms with Crippen LogP contribution >= 0.6 is 11.6 Å². The first-order valence-electron chi connectivity index (χ1n) is 5.59. The highest BCUT2D eigenvalue weighted by atomic mass is 35.5. The number of hydrogen-bond donors (Lipinski definition) is 1. The fourth-order valence-electron chi connectivity index (χ4n) is 1.79. The molecule has 0 atom stereocenters. The quantitative estimate of drug-likeness (QED) is 0.878. The molecule has 0 fully saturated rings. The number of ether oxygens (including phenoxy) is 1. The average molecular weight is 297 g/mol.